The average Bonchev–Trinajstić information content (AvgIpc) is 2.92. The van der Waals surface area contributed by atoms with Gasteiger partial charge in [-0.25, -0.2) is 4.68 Å². The Kier molecular flexibility index (Phi) is 5.20. The first kappa shape index (κ1) is 15.4. The number of hydrogen-bond acceptors (Lipinski definition) is 6. The summed E-state index contributed by atoms with van der Waals surface area (Å²) in [4.78, 5) is 10.5. The third-order valence-electron chi connectivity index (χ3n) is 2.71. The summed E-state index contributed by atoms with van der Waals surface area (Å²) in [5.41, 5.74) is 0.867. The Hall–Kier alpha value is -2.03. The molecule has 0 radical (unpaired) electrons. The lowest BCUT2D eigenvalue weighted by atomic mass is 10.2. The molecule has 0 amide bonds. The van der Waals surface area contributed by atoms with E-state index in [1.807, 2.05) is 0 Å². The summed E-state index contributed by atoms with van der Waals surface area (Å²) >= 11 is 5.89. The number of rotatable bonds is 7. The number of benzene rings is 1. The van der Waals surface area contributed by atoms with Crippen LogP contribution in [0.25, 0.3) is 5.69 Å². The second-order valence-corrected chi connectivity index (χ2v) is 4.65. The van der Waals surface area contributed by atoms with Gasteiger partial charge in [0.1, 0.15) is 5.69 Å². The Bertz CT molecular complexity index is 631. The second-order valence-electron chi connectivity index (χ2n) is 4.21. The molecule has 112 valence electrons. The predicted octanol–water partition coefficient (Wildman–Crippen LogP) is 1.56. The zero-order valence-corrected chi connectivity index (χ0v) is 12.1. The van der Waals surface area contributed by atoms with E-state index in [4.69, 9.17) is 16.3 Å². The highest BCUT2D eigenvalue weighted by Crippen LogP contribution is 2.25. The normalized spacial score (nSPS) is 10.8. The molecule has 2 aromatic rings. The van der Waals surface area contributed by atoms with Crippen LogP contribution < -0.4 is 5.32 Å². The highest BCUT2D eigenvalue weighted by atomic mass is 35.5. The van der Waals surface area contributed by atoms with Crippen molar-refractivity contribution in [2.24, 2.45) is 0 Å². The molecule has 0 aliphatic carbocycles. The van der Waals surface area contributed by atoms with Crippen LogP contribution in [-0.4, -0.2) is 40.2 Å². The number of ether oxygens (including phenoxy) is 1. The minimum atomic E-state index is -0.482. The SMILES string of the molecule is COCCNCc1cn(-c2cc(Cl)ccc2[N+](=O)[O-])nn1. The number of nitro groups is 1. The van der Waals surface area contributed by atoms with Crippen molar-refractivity contribution in [2.75, 3.05) is 20.3 Å². The van der Waals surface area contributed by atoms with Crippen LogP contribution in [0.3, 0.4) is 0 Å². The van der Waals surface area contributed by atoms with Crippen LogP contribution in [0.2, 0.25) is 5.02 Å². The van der Waals surface area contributed by atoms with Gasteiger partial charge in [0.25, 0.3) is 5.69 Å². The number of hydrogen-bond donors (Lipinski definition) is 1. The van der Waals surface area contributed by atoms with Crippen LogP contribution in [-0.2, 0) is 11.3 Å². The average molecular weight is 312 g/mol. The third-order valence-corrected chi connectivity index (χ3v) is 2.95. The van der Waals surface area contributed by atoms with E-state index in [1.165, 1.54) is 22.9 Å². The number of nitrogens with one attached hydrogen (secondary N) is 1. The molecule has 1 aromatic heterocycles. The number of aromatic nitrogens is 3. The Morgan fingerprint density at radius 2 is 2.33 bits per heavy atom. The fourth-order valence-electron chi connectivity index (χ4n) is 1.72. The molecule has 0 bridgehead atoms. The zero-order chi connectivity index (χ0) is 15.2. The summed E-state index contributed by atoms with van der Waals surface area (Å²) in [6, 6.07) is 4.29. The summed E-state index contributed by atoms with van der Waals surface area (Å²) in [6.07, 6.45) is 1.62. The molecular formula is C12H14ClN5O3. The fourth-order valence-corrected chi connectivity index (χ4v) is 1.89. The standard InChI is InChI=1S/C12H14ClN5O3/c1-21-5-4-14-7-10-8-17(16-15-10)12-6-9(13)2-3-11(12)18(19)20/h2-3,6,8,14H,4-5,7H2,1H3. The Balaban J connectivity index is 2.17. The van der Waals surface area contributed by atoms with E-state index in [1.54, 1.807) is 13.3 Å². The summed E-state index contributed by atoms with van der Waals surface area (Å²) in [6.45, 7) is 1.77. The predicted molar refractivity (Wildman–Crippen MR) is 76.6 cm³/mol. The highest BCUT2D eigenvalue weighted by molar-refractivity contribution is 6.30. The van der Waals surface area contributed by atoms with Crippen molar-refractivity contribution in [1.29, 1.82) is 0 Å². The second kappa shape index (κ2) is 7.11. The molecule has 0 saturated heterocycles. The third kappa shape index (κ3) is 3.97. The van der Waals surface area contributed by atoms with Gasteiger partial charge in [0.05, 0.1) is 23.4 Å². The summed E-state index contributed by atoms with van der Waals surface area (Å²) in [5.74, 6) is 0. The van der Waals surface area contributed by atoms with Gasteiger partial charge >= 0.3 is 0 Å². The lowest BCUT2D eigenvalue weighted by Crippen LogP contribution is -2.18. The van der Waals surface area contributed by atoms with Gasteiger partial charge in [0, 0.05) is 31.3 Å². The van der Waals surface area contributed by atoms with Gasteiger partial charge in [-0.2, -0.15) is 0 Å². The van der Waals surface area contributed by atoms with Crippen molar-refractivity contribution in [2.45, 2.75) is 6.54 Å². The molecule has 1 aromatic carbocycles. The first-order valence-corrected chi connectivity index (χ1v) is 6.55. The Morgan fingerprint density at radius 3 is 3.05 bits per heavy atom. The lowest BCUT2D eigenvalue weighted by Gasteiger charge is -2.02. The molecule has 0 fully saturated rings. The van der Waals surface area contributed by atoms with Gasteiger partial charge in [-0.15, -0.1) is 5.10 Å². The largest absolute Gasteiger partial charge is 0.383 e. The van der Waals surface area contributed by atoms with Crippen LogP contribution in [0.4, 0.5) is 5.69 Å². The molecule has 8 nitrogen and oxygen atoms in total. The van der Waals surface area contributed by atoms with Crippen LogP contribution in [0.5, 0.6) is 0 Å². The monoisotopic (exact) mass is 311 g/mol. The van der Waals surface area contributed by atoms with E-state index < -0.39 is 4.92 Å². The van der Waals surface area contributed by atoms with Gasteiger partial charge in [-0.05, 0) is 12.1 Å². The molecule has 9 heteroatoms. The van der Waals surface area contributed by atoms with Crippen molar-refractivity contribution < 1.29 is 9.66 Å². The molecule has 2 rings (SSSR count). The van der Waals surface area contributed by atoms with Gasteiger partial charge < -0.3 is 10.1 Å². The van der Waals surface area contributed by atoms with Crippen molar-refractivity contribution in [3.05, 3.63) is 45.2 Å². The summed E-state index contributed by atoms with van der Waals surface area (Å²) in [5, 5.41) is 22.4. The number of halogens is 1. The van der Waals surface area contributed by atoms with Gasteiger partial charge in [-0.1, -0.05) is 16.8 Å². The number of nitrogens with zero attached hydrogens (tertiary/aromatic N) is 4. The number of nitro benzene ring substituents is 1. The van der Waals surface area contributed by atoms with Gasteiger partial charge in [0.15, 0.2) is 0 Å². The lowest BCUT2D eigenvalue weighted by molar-refractivity contribution is -0.384. The molecule has 0 unspecified atom stereocenters. The van der Waals surface area contributed by atoms with Crippen LogP contribution in [0, 0.1) is 10.1 Å². The molecule has 0 saturated carbocycles. The molecule has 0 aliphatic heterocycles. The highest BCUT2D eigenvalue weighted by Gasteiger charge is 2.17. The maximum absolute atomic E-state index is 11.0. The van der Waals surface area contributed by atoms with Crippen molar-refractivity contribution >= 4 is 17.3 Å². The first-order valence-electron chi connectivity index (χ1n) is 6.17. The van der Waals surface area contributed by atoms with E-state index in [0.29, 0.717) is 30.4 Å². The number of methoxy groups -OCH3 is 1. The van der Waals surface area contributed by atoms with Crippen molar-refractivity contribution in [3.63, 3.8) is 0 Å². The van der Waals surface area contributed by atoms with E-state index in [9.17, 15) is 10.1 Å². The van der Waals surface area contributed by atoms with Crippen LogP contribution in [0.1, 0.15) is 5.69 Å². The minimum Gasteiger partial charge on any atom is -0.383 e. The molecular weight excluding hydrogens is 298 g/mol. The van der Waals surface area contributed by atoms with Crippen molar-refractivity contribution in [1.82, 2.24) is 20.3 Å². The van der Waals surface area contributed by atoms with E-state index >= 15 is 0 Å². The van der Waals surface area contributed by atoms with E-state index in [0.717, 1.165) is 0 Å². The molecule has 1 N–H and O–H groups in total. The topological polar surface area (TPSA) is 95.1 Å². The first-order chi connectivity index (χ1) is 10.1. The van der Waals surface area contributed by atoms with Crippen LogP contribution in [0.15, 0.2) is 24.4 Å². The minimum absolute atomic E-state index is 0.0804. The van der Waals surface area contributed by atoms with E-state index in [-0.39, 0.29) is 11.4 Å². The van der Waals surface area contributed by atoms with Crippen molar-refractivity contribution in [3.8, 4) is 5.69 Å². The van der Waals surface area contributed by atoms with E-state index in [2.05, 4.69) is 15.6 Å². The Labute approximate surface area is 125 Å². The Morgan fingerprint density at radius 1 is 1.52 bits per heavy atom. The quantitative estimate of drug-likeness (QED) is 0.474. The zero-order valence-electron chi connectivity index (χ0n) is 11.3. The summed E-state index contributed by atoms with van der Waals surface area (Å²) in [7, 11) is 1.62. The molecule has 0 aliphatic rings. The molecule has 0 atom stereocenters. The smallest absolute Gasteiger partial charge is 0.295 e. The maximum Gasteiger partial charge on any atom is 0.295 e. The summed E-state index contributed by atoms with van der Waals surface area (Å²) < 4.78 is 6.26. The maximum atomic E-state index is 11.0. The van der Waals surface area contributed by atoms with Gasteiger partial charge in [-0.3, -0.25) is 10.1 Å². The molecule has 21 heavy (non-hydrogen) atoms. The molecule has 1 heterocycles. The van der Waals surface area contributed by atoms with Gasteiger partial charge in [0.2, 0.25) is 0 Å². The fraction of sp³-hybridized carbons (Fsp3) is 0.333. The van der Waals surface area contributed by atoms with Crippen LogP contribution >= 0.6 is 11.6 Å². The molecule has 0 spiro atoms.